The first-order valence-electron chi connectivity index (χ1n) is 9.32. The lowest BCUT2D eigenvalue weighted by Crippen LogP contribution is -2.32. The van der Waals surface area contributed by atoms with E-state index < -0.39 is 0 Å². The maximum Gasteiger partial charge on any atom is 0.251 e. The van der Waals surface area contributed by atoms with Crippen molar-refractivity contribution in [3.63, 3.8) is 0 Å². The van der Waals surface area contributed by atoms with Crippen molar-refractivity contribution in [3.8, 4) is 11.5 Å². The fourth-order valence-electron chi connectivity index (χ4n) is 3.21. The molecule has 1 aliphatic carbocycles. The van der Waals surface area contributed by atoms with Crippen LogP contribution in [-0.2, 0) is 4.79 Å². The van der Waals surface area contributed by atoms with Crippen molar-refractivity contribution in [3.05, 3.63) is 59.7 Å². The van der Waals surface area contributed by atoms with Crippen molar-refractivity contribution in [1.29, 1.82) is 0 Å². The summed E-state index contributed by atoms with van der Waals surface area (Å²) in [4.78, 5) is 24.3. The van der Waals surface area contributed by atoms with Gasteiger partial charge in [-0.1, -0.05) is 18.9 Å². The molecular weight excluding hydrogens is 356 g/mol. The summed E-state index contributed by atoms with van der Waals surface area (Å²) in [6, 6.07) is 12.0. The van der Waals surface area contributed by atoms with E-state index in [1.807, 2.05) is 0 Å². The zero-order chi connectivity index (χ0) is 19.9. The highest BCUT2D eigenvalue weighted by Crippen LogP contribution is 2.26. The standard InChI is InChI=1S/C22H24N2O4/c1-28-20-12-6-15(14-19(20)25)7-13-21(26)23-18-10-8-16(9-11-18)22(27)24-17-4-2-3-5-17/h6-14,17,25H,2-5H2,1H3,(H,23,26)(H,24,27)/b13-7+. The highest BCUT2D eigenvalue weighted by molar-refractivity contribution is 6.02. The van der Waals surface area contributed by atoms with Crippen LogP contribution in [0.25, 0.3) is 6.08 Å². The number of carbonyl (C=O) groups excluding carboxylic acids is 2. The second-order valence-electron chi connectivity index (χ2n) is 6.79. The van der Waals surface area contributed by atoms with Crippen LogP contribution < -0.4 is 15.4 Å². The normalized spacial score (nSPS) is 14.2. The lowest BCUT2D eigenvalue weighted by molar-refractivity contribution is -0.111. The summed E-state index contributed by atoms with van der Waals surface area (Å²) in [7, 11) is 1.47. The van der Waals surface area contributed by atoms with Crippen LogP contribution in [0.4, 0.5) is 5.69 Å². The number of rotatable bonds is 6. The van der Waals surface area contributed by atoms with E-state index in [2.05, 4.69) is 10.6 Å². The molecule has 3 rings (SSSR count). The number of aromatic hydroxyl groups is 1. The maximum atomic E-state index is 12.2. The number of hydrogen-bond donors (Lipinski definition) is 3. The number of ether oxygens (including phenoxy) is 1. The molecule has 0 spiro atoms. The molecule has 0 heterocycles. The first-order chi connectivity index (χ1) is 13.5. The Morgan fingerprint density at radius 2 is 1.82 bits per heavy atom. The van der Waals surface area contributed by atoms with Gasteiger partial charge in [-0.15, -0.1) is 0 Å². The molecule has 0 aromatic heterocycles. The Morgan fingerprint density at radius 1 is 1.11 bits per heavy atom. The van der Waals surface area contributed by atoms with Crippen LogP contribution in [0.5, 0.6) is 11.5 Å². The molecule has 0 atom stereocenters. The Balaban J connectivity index is 1.55. The van der Waals surface area contributed by atoms with Gasteiger partial charge in [0.2, 0.25) is 5.91 Å². The quantitative estimate of drug-likeness (QED) is 0.667. The van der Waals surface area contributed by atoms with Gasteiger partial charge in [0.15, 0.2) is 11.5 Å². The number of carbonyl (C=O) groups is 2. The predicted molar refractivity (Wildman–Crippen MR) is 108 cm³/mol. The summed E-state index contributed by atoms with van der Waals surface area (Å²) >= 11 is 0. The molecule has 2 amide bonds. The average Bonchev–Trinajstić information content (AvgIpc) is 3.20. The number of benzene rings is 2. The molecule has 1 aliphatic rings. The van der Waals surface area contributed by atoms with Crippen LogP contribution in [0, 0.1) is 0 Å². The van der Waals surface area contributed by atoms with E-state index in [1.54, 1.807) is 42.5 Å². The Bertz CT molecular complexity index is 869. The van der Waals surface area contributed by atoms with Crippen LogP contribution in [0.15, 0.2) is 48.5 Å². The van der Waals surface area contributed by atoms with Gasteiger partial charge in [0.05, 0.1) is 7.11 Å². The van der Waals surface area contributed by atoms with Crippen molar-refractivity contribution in [1.82, 2.24) is 5.32 Å². The predicted octanol–water partition coefficient (Wildman–Crippen LogP) is 3.73. The average molecular weight is 380 g/mol. The molecule has 0 aliphatic heterocycles. The fourth-order valence-corrected chi connectivity index (χ4v) is 3.21. The number of phenolic OH excluding ortho intramolecular Hbond substituents is 1. The third-order valence-electron chi connectivity index (χ3n) is 4.74. The highest BCUT2D eigenvalue weighted by atomic mass is 16.5. The Kier molecular flexibility index (Phi) is 6.32. The summed E-state index contributed by atoms with van der Waals surface area (Å²) in [5, 5.41) is 15.5. The molecule has 28 heavy (non-hydrogen) atoms. The van der Waals surface area contributed by atoms with Gasteiger partial charge in [-0.2, -0.15) is 0 Å². The first kappa shape index (κ1) is 19.5. The molecule has 1 fully saturated rings. The molecule has 6 heteroatoms. The minimum Gasteiger partial charge on any atom is -0.504 e. The molecule has 0 bridgehead atoms. The molecule has 3 N–H and O–H groups in total. The van der Waals surface area contributed by atoms with E-state index >= 15 is 0 Å². The third kappa shape index (κ3) is 5.13. The molecule has 0 radical (unpaired) electrons. The van der Waals surface area contributed by atoms with Gasteiger partial charge < -0.3 is 20.5 Å². The molecule has 6 nitrogen and oxygen atoms in total. The first-order valence-corrected chi connectivity index (χ1v) is 9.32. The van der Waals surface area contributed by atoms with Gasteiger partial charge in [0.1, 0.15) is 0 Å². The lowest BCUT2D eigenvalue weighted by Gasteiger charge is -2.12. The van der Waals surface area contributed by atoms with Crippen LogP contribution in [0.1, 0.15) is 41.6 Å². The fraction of sp³-hybridized carbons (Fsp3) is 0.273. The smallest absolute Gasteiger partial charge is 0.251 e. The summed E-state index contributed by atoms with van der Waals surface area (Å²) in [5.74, 6) is -0.00219. The largest absolute Gasteiger partial charge is 0.504 e. The zero-order valence-corrected chi connectivity index (χ0v) is 15.8. The molecule has 2 aromatic carbocycles. The van der Waals surface area contributed by atoms with E-state index in [0.717, 1.165) is 12.8 Å². The lowest BCUT2D eigenvalue weighted by atomic mass is 10.1. The monoisotopic (exact) mass is 380 g/mol. The number of hydrogen-bond acceptors (Lipinski definition) is 4. The Hall–Kier alpha value is -3.28. The van der Waals surface area contributed by atoms with Crippen molar-refractivity contribution in [2.75, 3.05) is 12.4 Å². The Labute approximate surface area is 164 Å². The Morgan fingerprint density at radius 3 is 2.46 bits per heavy atom. The highest BCUT2D eigenvalue weighted by Gasteiger charge is 2.17. The van der Waals surface area contributed by atoms with E-state index in [0.29, 0.717) is 22.6 Å². The molecule has 2 aromatic rings. The zero-order valence-electron chi connectivity index (χ0n) is 15.8. The van der Waals surface area contributed by atoms with Crippen molar-refractivity contribution >= 4 is 23.6 Å². The number of phenols is 1. The van der Waals surface area contributed by atoms with Crippen molar-refractivity contribution in [2.24, 2.45) is 0 Å². The summed E-state index contributed by atoms with van der Waals surface area (Å²) < 4.78 is 4.99. The molecule has 0 unspecified atom stereocenters. The van der Waals surface area contributed by atoms with Crippen LogP contribution in [0.3, 0.4) is 0 Å². The molecule has 146 valence electrons. The second-order valence-corrected chi connectivity index (χ2v) is 6.79. The molecule has 1 saturated carbocycles. The van der Waals surface area contributed by atoms with E-state index in [9.17, 15) is 14.7 Å². The molecular formula is C22H24N2O4. The van der Waals surface area contributed by atoms with Crippen LogP contribution in [0.2, 0.25) is 0 Å². The third-order valence-corrected chi connectivity index (χ3v) is 4.74. The van der Waals surface area contributed by atoms with Gasteiger partial charge in [-0.3, -0.25) is 9.59 Å². The van der Waals surface area contributed by atoms with Gasteiger partial charge in [0.25, 0.3) is 5.91 Å². The molecule has 0 saturated heterocycles. The maximum absolute atomic E-state index is 12.2. The number of methoxy groups -OCH3 is 1. The summed E-state index contributed by atoms with van der Waals surface area (Å²) in [6.07, 6.45) is 7.38. The van der Waals surface area contributed by atoms with Crippen molar-refractivity contribution < 1.29 is 19.4 Å². The van der Waals surface area contributed by atoms with Crippen LogP contribution >= 0.6 is 0 Å². The van der Waals surface area contributed by atoms with Crippen LogP contribution in [-0.4, -0.2) is 30.1 Å². The van der Waals surface area contributed by atoms with Crippen molar-refractivity contribution in [2.45, 2.75) is 31.7 Å². The topological polar surface area (TPSA) is 87.7 Å². The van der Waals surface area contributed by atoms with Gasteiger partial charge in [-0.25, -0.2) is 0 Å². The van der Waals surface area contributed by atoms with Gasteiger partial charge >= 0.3 is 0 Å². The summed E-state index contributed by atoms with van der Waals surface area (Å²) in [6.45, 7) is 0. The second kappa shape index (κ2) is 9.08. The number of nitrogens with one attached hydrogen (secondary N) is 2. The SMILES string of the molecule is COc1ccc(/C=C/C(=O)Nc2ccc(C(=O)NC3CCCC3)cc2)cc1O. The minimum absolute atomic E-state index is 0.0107. The van der Waals surface area contributed by atoms with Gasteiger partial charge in [0, 0.05) is 23.4 Å². The number of amides is 2. The van der Waals surface area contributed by atoms with Gasteiger partial charge in [-0.05, 0) is 60.9 Å². The van der Waals surface area contributed by atoms with E-state index in [1.165, 1.54) is 32.1 Å². The summed E-state index contributed by atoms with van der Waals surface area (Å²) in [5.41, 5.74) is 1.85. The van der Waals surface area contributed by atoms with E-state index in [4.69, 9.17) is 4.74 Å². The number of anilines is 1. The van der Waals surface area contributed by atoms with E-state index in [-0.39, 0.29) is 23.6 Å². The minimum atomic E-state index is -0.307.